The molecule has 1 aliphatic rings. The number of hydrogen-bond donors (Lipinski definition) is 2. The van der Waals surface area contributed by atoms with Crippen LogP contribution in [0.15, 0.2) is 78.9 Å². The van der Waals surface area contributed by atoms with Crippen LogP contribution in [0, 0.1) is 5.92 Å². The predicted octanol–water partition coefficient (Wildman–Crippen LogP) is 4.41. The number of hydrogen-bond acceptors (Lipinski definition) is 5. The Morgan fingerprint density at radius 1 is 0.917 bits per heavy atom. The van der Waals surface area contributed by atoms with Crippen molar-refractivity contribution >= 4 is 35.1 Å². The first-order chi connectivity index (χ1) is 17.3. The third-order valence-electron chi connectivity index (χ3n) is 6.05. The lowest BCUT2D eigenvalue weighted by atomic mass is 10.1. The summed E-state index contributed by atoms with van der Waals surface area (Å²) in [7, 11) is 0. The number of carbonyl (C=O) groups is 4. The molecule has 0 saturated carbocycles. The predicted molar refractivity (Wildman–Crippen MR) is 135 cm³/mol. The number of carbonyl (C=O) groups excluding carboxylic acids is 4. The summed E-state index contributed by atoms with van der Waals surface area (Å²) in [6, 6.07) is 22.7. The number of esters is 1. The summed E-state index contributed by atoms with van der Waals surface area (Å²) in [6.45, 7) is 3.62. The molecule has 8 nitrogen and oxygen atoms in total. The quantitative estimate of drug-likeness (QED) is 0.381. The molecule has 8 heteroatoms. The zero-order chi connectivity index (χ0) is 25.7. The molecule has 1 saturated heterocycles. The van der Waals surface area contributed by atoms with Gasteiger partial charge in [0, 0.05) is 36.8 Å². The molecule has 0 bridgehead atoms. The van der Waals surface area contributed by atoms with Gasteiger partial charge < -0.3 is 20.3 Å². The van der Waals surface area contributed by atoms with E-state index in [2.05, 4.69) is 10.6 Å². The molecule has 4 rings (SSSR count). The van der Waals surface area contributed by atoms with Crippen LogP contribution < -0.4 is 15.4 Å². The number of rotatable bonds is 7. The molecule has 2 N–H and O–H groups in total. The van der Waals surface area contributed by atoms with Crippen LogP contribution in [0.5, 0.6) is 5.75 Å². The van der Waals surface area contributed by atoms with Gasteiger partial charge in [0.2, 0.25) is 11.8 Å². The zero-order valence-corrected chi connectivity index (χ0v) is 20.1. The van der Waals surface area contributed by atoms with Crippen molar-refractivity contribution in [3.8, 4) is 5.75 Å². The van der Waals surface area contributed by atoms with Crippen molar-refractivity contribution in [3.05, 3.63) is 90.0 Å². The molecule has 36 heavy (non-hydrogen) atoms. The monoisotopic (exact) mass is 485 g/mol. The highest BCUT2D eigenvalue weighted by atomic mass is 16.5. The molecule has 0 aliphatic carbocycles. The van der Waals surface area contributed by atoms with E-state index in [9.17, 15) is 19.2 Å². The van der Waals surface area contributed by atoms with Crippen LogP contribution in [-0.2, 0) is 14.4 Å². The van der Waals surface area contributed by atoms with E-state index in [4.69, 9.17) is 4.74 Å². The topological polar surface area (TPSA) is 105 Å². The Morgan fingerprint density at radius 2 is 1.58 bits per heavy atom. The highest BCUT2D eigenvalue weighted by molar-refractivity contribution is 6.04. The molecule has 1 aliphatic heterocycles. The summed E-state index contributed by atoms with van der Waals surface area (Å²) < 4.78 is 5.02. The average molecular weight is 486 g/mol. The van der Waals surface area contributed by atoms with Crippen molar-refractivity contribution in [2.75, 3.05) is 17.2 Å². The lowest BCUT2D eigenvalue weighted by Crippen LogP contribution is -2.30. The van der Waals surface area contributed by atoms with Gasteiger partial charge in [0.25, 0.3) is 5.91 Å². The van der Waals surface area contributed by atoms with Crippen LogP contribution in [0.1, 0.15) is 42.2 Å². The van der Waals surface area contributed by atoms with Crippen molar-refractivity contribution in [2.24, 2.45) is 5.92 Å². The Hall–Kier alpha value is -4.46. The van der Waals surface area contributed by atoms with E-state index in [1.54, 1.807) is 47.4 Å². The molecule has 3 aromatic carbocycles. The van der Waals surface area contributed by atoms with Crippen LogP contribution in [-0.4, -0.2) is 35.1 Å². The first-order valence-corrected chi connectivity index (χ1v) is 11.7. The number of nitrogens with one attached hydrogen (secondary N) is 2. The van der Waals surface area contributed by atoms with Gasteiger partial charge in [0.15, 0.2) is 0 Å². The fourth-order valence-corrected chi connectivity index (χ4v) is 4.14. The van der Waals surface area contributed by atoms with E-state index in [0.717, 1.165) is 5.56 Å². The second kappa shape index (κ2) is 10.9. The van der Waals surface area contributed by atoms with Crippen molar-refractivity contribution in [1.82, 2.24) is 4.90 Å². The molecular formula is C28H27N3O5. The van der Waals surface area contributed by atoms with Crippen LogP contribution in [0.2, 0.25) is 0 Å². The number of ether oxygens (including phenoxy) is 1. The molecule has 3 aromatic rings. The van der Waals surface area contributed by atoms with E-state index < -0.39 is 11.9 Å². The Labute approximate surface area is 209 Å². The number of likely N-dealkylation sites (tertiary alicyclic amines) is 1. The molecule has 1 heterocycles. The Kier molecular flexibility index (Phi) is 7.44. The average Bonchev–Trinajstić information content (AvgIpc) is 3.26. The first-order valence-electron chi connectivity index (χ1n) is 11.7. The standard InChI is InChI=1S/C28H27N3O5/c1-18(20-7-4-3-5-8-20)31-17-22(16-26(31)33)28(35)30-24-13-11-23(12-14-24)29-27(34)21-9-6-10-25(15-21)36-19(2)32/h3-15,18,22H,16-17H2,1-2H3,(H,29,34)(H,30,35). The highest BCUT2D eigenvalue weighted by Gasteiger charge is 2.37. The van der Waals surface area contributed by atoms with Crippen LogP contribution in [0.25, 0.3) is 0 Å². The molecule has 2 atom stereocenters. The third kappa shape index (κ3) is 5.96. The normalized spacial score (nSPS) is 15.8. The summed E-state index contributed by atoms with van der Waals surface area (Å²) in [5.41, 5.74) is 2.47. The smallest absolute Gasteiger partial charge is 0.308 e. The minimum absolute atomic E-state index is 0.0395. The van der Waals surface area contributed by atoms with E-state index >= 15 is 0 Å². The molecule has 0 spiro atoms. The fourth-order valence-electron chi connectivity index (χ4n) is 4.14. The van der Waals surface area contributed by atoms with Gasteiger partial charge in [-0.15, -0.1) is 0 Å². The Balaban J connectivity index is 1.33. The van der Waals surface area contributed by atoms with Gasteiger partial charge in [-0.05, 0) is 55.0 Å². The minimum atomic E-state index is -0.467. The minimum Gasteiger partial charge on any atom is -0.427 e. The van der Waals surface area contributed by atoms with E-state index in [1.165, 1.54) is 13.0 Å². The maximum atomic E-state index is 12.8. The maximum absolute atomic E-state index is 12.8. The summed E-state index contributed by atoms with van der Waals surface area (Å²) in [5, 5.41) is 5.63. The van der Waals surface area contributed by atoms with Crippen molar-refractivity contribution < 1.29 is 23.9 Å². The summed E-state index contributed by atoms with van der Waals surface area (Å²) >= 11 is 0. The molecule has 2 unspecified atom stereocenters. The van der Waals surface area contributed by atoms with Gasteiger partial charge in [-0.2, -0.15) is 0 Å². The van der Waals surface area contributed by atoms with Crippen LogP contribution >= 0.6 is 0 Å². The van der Waals surface area contributed by atoms with E-state index in [-0.39, 0.29) is 35.9 Å². The van der Waals surface area contributed by atoms with Gasteiger partial charge in [-0.1, -0.05) is 36.4 Å². The lowest BCUT2D eigenvalue weighted by molar-refractivity contribution is -0.132. The molecular weight excluding hydrogens is 458 g/mol. The van der Waals surface area contributed by atoms with Crippen LogP contribution in [0.4, 0.5) is 11.4 Å². The largest absolute Gasteiger partial charge is 0.427 e. The van der Waals surface area contributed by atoms with E-state index in [0.29, 0.717) is 23.5 Å². The third-order valence-corrected chi connectivity index (χ3v) is 6.05. The number of nitrogens with zero attached hydrogens (tertiary/aromatic N) is 1. The second-order valence-electron chi connectivity index (χ2n) is 8.68. The summed E-state index contributed by atoms with van der Waals surface area (Å²) in [5.74, 6) is -1.24. The second-order valence-corrected chi connectivity index (χ2v) is 8.68. The van der Waals surface area contributed by atoms with Crippen LogP contribution in [0.3, 0.4) is 0 Å². The Morgan fingerprint density at radius 3 is 2.25 bits per heavy atom. The lowest BCUT2D eigenvalue weighted by Gasteiger charge is -2.25. The number of anilines is 2. The van der Waals surface area contributed by atoms with Crippen molar-refractivity contribution in [1.29, 1.82) is 0 Å². The summed E-state index contributed by atoms with van der Waals surface area (Å²) in [6.07, 6.45) is 0.170. The molecule has 1 fully saturated rings. The molecule has 3 amide bonds. The van der Waals surface area contributed by atoms with E-state index in [1.807, 2.05) is 37.3 Å². The maximum Gasteiger partial charge on any atom is 0.308 e. The first kappa shape index (κ1) is 24.7. The number of amides is 3. The Bertz CT molecular complexity index is 1270. The molecule has 0 aromatic heterocycles. The van der Waals surface area contributed by atoms with Crippen molar-refractivity contribution in [2.45, 2.75) is 26.3 Å². The highest BCUT2D eigenvalue weighted by Crippen LogP contribution is 2.29. The summed E-state index contributed by atoms with van der Waals surface area (Å²) in [4.78, 5) is 50.8. The molecule has 0 radical (unpaired) electrons. The zero-order valence-electron chi connectivity index (χ0n) is 20.1. The number of benzene rings is 3. The van der Waals surface area contributed by atoms with Gasteiger partial charge in [-0.3, -0.25) is 19.2 Å². The van der Waals surface area contributed by atoms with Crippen molar-refractivity contribution in [3.63, 3.8) is 0 Å². The SMILES string of the molecule is CC(=O)Oc1cccc(C(=O)Nc2ccc(NC(=O)C3CC(=O)N(C(C)c4ccccc4)C3)cc2)c1. The van der Waals surface area contributed by atoms with Gasteiger partial charge in [0.1, 0.15) is 5.75 Å². The van der Waals surface area contributed by atoms with Gasteiger partial charge in [0.05, 0.1) is 12.0 Å². The van der Waals surface area contributed by atoms with Gasteiger partial charge >= 0.3 is 5.97 Å². The van der Waals surface area contributed by atoms with Gasteiger partial charge in [-0.25, -0.2) is 0 Å². The molecule has 184 valence electrons. The fraction of sp³-hybridized carbons (Fsp3) is 0.214.